The van der Waals surface area contributed by atoms with E-state index in [1.807, 2.05) is 0 Å². The predicted octanol–water partition coefficient (Wildman–Crippen LogP) is 9.10. The predicted molar refractivity (Wildman–Crippen MR) is 172 cm³/mol. The highest BCUT2D eigenvalue weighted by Crippen LogP contribution is 2.43. The highest BCUT2D eigenvalue weighted by atomic mass is 15.4. The molecule has 1 unspecified atom stereocenters. The van der Waals surface area contributed by atoms with Crippen molar-refractivity contribution in [3.05, 3.63) is 58.7 Å². The van der Waals surface area contributed by atoms with Crippen molar-refractivity contribution in [2.24, 2.45) is 5.92 Å². The van der Waals surface area contributed by atoms with E-state index in [0.29, 0.717) is 29.7 Å². The van der Waals surface area contributed by atoms with Gasteiger partial charge >= 0.3 is 0 Å². The molecule has 0 aliphatic carbocycles. The summed E-state index contributed by atoms with van der Waals surface area (Å²) in [5, 5.41) is 0. The third-order valence-electron chi connectivity index (χ3n) is 10.0. The van der Waals surface area contributed by atoms with Crippen LogP contribution in [0.25, 0.3) is 0 Å². The minimum Gasteiger partial charge on any atom is -0.351 e. The zero-order valence-corrected chi connectivity index (χ0v) is 26.9. The normalized spacial score (nSPS) is 24.2. The second kappa shape index (κ2) is 12.2. The summed E-state index contributed by atoms with van der Waals surface area (Å²) in [6.45, 7) is 27.4. The Bertz CT molecular complexity index is 1040. The fourth-order valence-electron chi connectivity index (χ4n) is 7.23. The monoisotopic (exact) mass is 532 g/mol. The molecule has 2 aromatic carbocycles. The summed E-state index contributed by atoms with van der Waals surface area (Å²) >= 11 is 0. The SMILES string of the molecule is CC[N+]1(C)CCC(CC2CN(c3c(C(C)C)cccc3C(C)C)CN2c2c(C(C)C)cccc2C(C)C)CC1. The first kappa shape index (κ1) is 30.0. The minimum absolute atomic E-state index is 0.514. The molecular formula is C36H58N3+. The maximum absolute atomic E-state index is 2.86. The molecule has 2 heterocycles. The second-order valence-electron chi connectivity index (χ2n) is 14.2. The number of benzene rings is 2. The van der Waals surface area contributed by atoms with Crippen molar-refractivity contribution in [2.75, 3.05) is 49.7 Å². The van der Waals surface area contributed by atoms with E-state index in [-0.39, 0.29) is 0 Å². The fraction of sp³-hybridized carbons (Fsp3) is 0.667. The summed E-state index contributed by atoms with van der Waals surface area (Å²) in [5.41, 5.74) is 9.12. The summed E-state index contributed by atoms with van der Waals surface area (Å²) in [6.07, 6.45) is 4.06. The van der Waals surface area contributed by atoms with E-state index in [1.165, 1.54) is 77.0 Å². The van der Waals surface area contributed by atoms with Crippen LogP contribution in [0.15, 0.2) is 36.4 Å². The lowest BCUT2D eigenvalue weighted by molar-refractivity contribution is -0.913. The van der Waals surface area contributed by atoms with Crippen molar-refractivity contribution in [1.82, 2.24) is 0 Å². The maximum Gasteiger partial charge on any atom is 0.0907 e. The van der Waals surface area contributed by atoms with Crippen LogP contribution < -0.4 is 9.80 Å². The van der Waals surface area contributed by atoms with E-state index in [9.17, 15) is 0 Å². The molecular weight excluding hydrogens is 474 g/mol. The standard InChI is InChI=1S/C36H58N3/c1-11-39(10)20-18-29(19-21-39)22-30-23-37(35-31(25(2)3)14-12-15-32(35)26(4)5)24-38(30)36-33(27(6)7)16-13-17-34(36)28(8)9/h12-17,25-30H,11,18-24H2,1-10H3/q+1. The van der Waals surface area contributed by atoms with Gasteiger partial charge in [-0.2, -0.15) is 0 Å². The van der Waals surface area contributed by atoms with Crippen LogP contribution in [-0.2, 0) is 0 Å². The third-order valence-corrected chi connectivity index (χ3v) is 10.0. The molecule has 2 aliphatic rings. The molecule has 2 aliphatic heterocycles. The Hall–Kier alpha value is -2.00. The molecule has 0 N–H and O–H groups in total. The number of hydrogen-bond acceptors (Lipinski definition) is 2. The van der Waals surface area contributed by atoms with Gasteiger partial charge in [-0.15, -0.1) is 0 Å². The number of piperidine rings is 1. The van der Waals surface area contributed by atoms with E-state index >= 15 is 0 Å². The molecule has 0 saturated carbocycles. The molecule has 0 amide bonds. The van der Waals surface area contributed by atoms with Crippen LogP contribution in [0.1, 0.15) is 128 Å². The first-order valence-corrected chi connectivity index (χ1v) is 16.1. The summed E-state index contributed by atoms with van der Waals surface area (Å²) in [7, 11) is 2.46. The van der Waals surface area contributed by atoms with Crippen LogP contribution in [0, 0.1) is 5.92 Å². The van der Waals surface area contributed by atoms with Crippen molar-refractivity contribution < 1.29 is 4.48 Å². The second-order valence-corrected chi connectivity index (χ2v) is 14.2. The average Bonchev–Trinajstić information content (AvgIpc) is 3.31. The van der Waals surface area contributed by atoms with Crippen LogP contribution in [0.2, 0.25) is 0 Å². The number of hydrogen-bond donors (Lipinski definition) is 0. The van der Waals surface area contributed by atoms with Gasteiger partial charge in [-0.3, -0.25) is 0 Å². The summed E-state index contributed by atoms with van der Waals surface area (Å²) < 4.78 is 1.25. The topological polar surface area (TPSA) is 6.48 Å². The first-order valence-electron chi connectivity index (χ1n) is 16.1. The van der Waals surface area contributed by atoms with E-state index in [1.54, 1.807) is 0 Å². The van der Waals surface area contributed by atoms with Crippen molar-refractivity contribution >= 4 is 11.4 Å². The number of rotatable bonds is 9. The molecule has 0 bridgehead atoms. The highest BCUT2D eigenvalue weighted by molar-refractivity contribution is 5.69. The van der Waals surface area contributed by atoms with Crippen LogP contribution in [-0.4, -0.2) is 50.4 Å². The average molecular weight is 533 g/mol. The molecule has 2 aromatic rings. The van der Waals surface area contributed by atoms with Crippen LogP contribution >= 0.6 is 0 Å². The van der Waals surface area contributed by atoms with Crippen molar-refractivity contribution in [3.8, 4) is 0 Å². The largest absolute Gasteiger partial charge is 0.351 e. The van der Waals surface area contributed by atoms with Gasteiger partial charge in [-0.1, -0.05) is 91.8 Å². The number of quaternary nitrogens is 1. The summed E-state index contributed by atoms with van der Waals surface area (Å²) in [6, 6.07) is 14.7. The van der Waals surface area contributed by atoms with Crippen LogP contribution in [0.5, 0.6) is 0 Å². The van der Waals surface area contributed by atoms with Gasteiger partial charge in [0, 0.05) is 24.0 Å². The van der Waals surface area contributed by atoms with Gasteiger partial charge in [0.1, 0.15) is 0 Å². The first-order chi connectivity index (χ1) is 18.5. The van der Waals surface area contributed by atoms with Gasteiger partial charge in [-0.05, 0) is 78.0 Å². The Morgan fingerprint density at radius 2 is 1.15 bits per heavy atom. The summed E-state index contributed by atoms with van der Waals surface area (Å²) in [5.74, 6) is 2.89. The van der Waals surface area contributed by atoms with Gasteiger partial charge in [-0.25, -0.2) is 0 Å². The molecule has 0 spiro atoms. The van der Waals surface area contributed by atoms with E-state index < -0.39 is 0 Å². The number of nitrogens with zero attached hydrogens (tertiary/aromatic N) is 3. The van der Waals surface area contributed by atoms with Gasteiger partial charge in [0.2, 0.25) is 0 Å². The van der Waals surface area contributed by atoms with Gasteiger partial charge < -0.3 is 14.3 Å². The third kappa shape index (κ3) is 6.34. The lowest BCUT2D eigenvalue weighted by Gasteiger charge is -2.41. The van der Waals surface area contributed by atoms with Gasteiger partial charge in [0.15, 0.2) is 0 Å². The van der Waals surface area contributed by atoms with Crippen LogP contribution in [0.3, 0.4) is 0 Å². The molecule has 216 valence electrons. The fourth-order valence-corrected chi connectivity index (χ4v) is 7.23. The molecule has 0 radical (unpaired) electrons. The maximum atomic E-state index is 2.86. The highest BCUT2D eigenvalue weighted by Gasteiger charge is 2.38. The van der Waals surface area contributed by atoms with Crippen molar-refractivity contribution in [2.45, 2.75) is 111 Å². The molecule has 2 saturated heterocycles. The zero-order chi connectivity index (χ0) is 28.5. The Kier molecular flexibility index (Phi) is 9.41. The Labute approximate surface area is 241 Å². The van der Waals surface area contributed by atoms with Gasteiger partial charge in [0.25, 0.3) is 0 Å². The molecule has 39 heavy (non-hydrogen) atoms. The number of para-hydroxylation sites is 2. The van der Waals surface area contributed by atoms with Crippen molar-refractivity contribution in [3.63, 3.8) is 0 Å². The van der Waals surface area contributed by atoms with Gasteiger partial charge in [0.05, 0.1) is 33.4 Å². The van der Waals surface area contributed by atoms with Crippen LogP contribution in [0.4, 0.5) is 11.4 Å². The molecule has 4 rings (SSSR count). The van der Waals surface area contributed by atoms with E-state index in [4.69, 9.17) is 0 Å². The molecule has 0 aromatic heterocycles. The molecule has 1 atom stereocenters. The minimum atomic E-state index is 0.514. The molecule has 3 nitrogen and oxygen atoms in total. The van der Waals surface area contributed by atoms with Crippen molar-refractivity contribution in [1.29, 1.82) is 0 Å². The Balaban J connectivity index is 1.78. The zero-order valence-electron chi connectivity index (χ0n) is 26.9. The quantitative estimate of drug-likeness (QED) is 0.297. The summed E-state index contributed by atoms with van der Waals surface area (Å²) in [4.78, 5) is 5.62. The van der Waals surface area contributed by atoms with E-state index in [2.05, 4.69) is 116 Å². The molecule has 2 fully saturated rings. The number of anilines is 2. The smallest absolute Gasteiger partial charge is 0.0907 e. The molecule has 3 heteroatoms. The Morgan fingerprint density at radius 1 is 0.718 bits per heavy atom. The lowest BCUT2D eigenvalue weighted by atomic mass is 9.87. The number of likely N-dealkylation sites (tertiary alicyclic amines) is 1. The lowest BCUT2D eigenvalue weighted by Crippen LogP contribution is -2.50. The van der Waals surface area contributed by atoms with E-state index in [0.717, 1.165) is 19.1 Å². The Morgan fingerprint density at radius 3 is 1.56 bits per heavy atom.